The lowest BCUT2D eigenvalue weighted by molar-refractivity contribution is 0.0649. The second-order valence-corrected chi connectivity index (χ2v) is 7.75. The normalized spacial score (nSPS) is 12.8. The number of carbonyl (C=O) groups excluding carboxylic acids is 4. The van der Waals surface area contributed by atoms with Crippen molar-refractivity contribution in [3.8, 4) is 0 Å². The Balaban J connectivity index is 1.58. The average molecular weight is 432 g/mol. The number of rotatable bonds is 6. The molecule has 0 saturated heterocycles. The maximum atomic E-state index is 13.1. The van der Waals surface area contributed by atoms with E-state index in [1.54, 1.807) is 42.5 Å². The number of hydrogen-bond acceptors (Lipinski definition) is 4. The van der Waals surface area contributed by atoms with Gasteiger partial charge in [-0.1, -0.05) is 48.0 Å². The van der Waals surface area contributed by atoms with Crippen molar-refractivity contribution in [1.29, 1.82) is 0 Å². The van der Waals surface area contributed by atoms with E-state index in [1.807, 2.05) is 19.1 Å². The van der Waals surface area contributed by atoms with Gasteiger partial charge in [-0.2, -0.15) is 0 Å². The second kappa shape index (κ2) is 8.28. The van der Waals surface area contributed by atoms with Gasteiger partial charge in [-0.15, -0.1) is 0 Å². The first-order chi connectivity index (χ1) is 14.9. The Bertz CT molecular complexity index is 1210. The summed E-state index contributed by atoms with van der Waals surface area (Å²) in [5.41, 5.74) is 2.36. The van der Waals surface area contributed by atoms with Crippen LogP contribution >= 0.6 is 11.6 Å². The lowest BCUT2D eigenvalue weighted by Crippen LogP contribution is -2.32. The predicted molar refractivity (Wildman–Crippen MR) is 117 cm³/mol. The van der Waals surface area contributed by atoms with E-state index in [2.05, 4.69) is 0 Å². The number of hydrogen-bond donors (Lipinski definition) is 0. The highest BCUT2D eigenvalue weighted by Crippen LogP contribution is 2.25. The number of halogens is 1. The van der Waals surface area contributed by atoms with E-state index in [9.17, 15) is 19.2 Å². The molecule has 0 bridgehead atoms. The number of imide groups is 1. The third-order valence-electron chi connectivity index (χ3n) is 5.36. The van der Waals surface area contributed by atoms with Crippen LogP contribution in [-0.4, -0.2) is 34.8 Å². The zero-order chi connectivity index (χ0) is 22.1. The van der Waals surface area contributed by atoms with Crippen molar-refractivity contribution in [2.75, 3.05) is 6.54 Å². The van der Waals surface area contributed by atoms with Gasteiger partial charge in [-0.25, -0.2) is 0 Å². The van der Waals surface area contributed by atoms with Crippen LogP contribution in [0.5, 0.6) is 0 Å². The molecule has 0 saturated carbocycles. The van der Waals surface area contributed by atoms with Gasteiger partial charge in [-0.05, 0) is 42.8 Å². The minimum atomic E-state index is -0.416. The Labute approximate surface area is 184 Å². The first-order valence-electron chi connectivity index (χ1n) is 9.77. The predicted octanol–water partition coefficient (Wildman–Crippen LogP) is 4.75. The van der Waals surface area contributed by atoms with Gasteiger partial charge >= 0.3 is 0 Å². The van der Waals surface area contributed by atoms with Crippen molar-refractivity contribution in [3.05, 3.63) is 105 Å². The molecule has 1 aliphatic rings. The van der Waals surface area contributed by atoms with Crippen molar-refractivity contribution in [2.24, 2.45) is 0 Å². The number of ketones is 2. The molecule has 0 N–H and O–H groups in total. The van der Waals surface area contributed by atoms with E-state index >= 15 is 0 Å². The summed E-state index contributed by atoms with van der Waals surface area (Å²) in [5.74, 6) is -1.48. The SMILES string of the molecule is Cc1ccccc1C(=O)c1cc(Cl)ccc1C(=O)CCN1C(=O)c2ccccc2C1=O. The Morgan fingerprint density at radius 2 is 1.42 bits per heavy atom. The van der Waals surface area contributed by atoms with Crippen molar-refractivity contribution in [2.45, 2.75) is 13.3 Å². The molecule has 1 heterocycles. The first-order valence-corrected chi connectivity index (χ1v) is 10.1. The number of amides is 2. The quantitative estimate of drug-likeness (QED) is 0.417. The van der Waals surface area contributed by atoms with E-state index in [0.717, 1.165) is 10.5 Å². The number of carbonyl (C=O) groups is 4. The molecule has 0 fully saturated rings. The lowest BCUT2D eigenvalue weighted by Gasteiger charge is -2.14. The number of Topliss-reactive ketones (excluding diaryl/α,β-unsaturated/α-hetero) is 1. The fourth-order valence-corrected chi connectivity index (χ4v) is 3.88. The highest BCUT2D eigenvalue weighted by atomic mass is 35.5. The number of fused-ring (bicyclic) bond motifs is 1. The van der Waals surface area contributed by atoms with Gasteiger partial charge in [0.25, 0.3) is 11.8 Å². The molecule has 4 rings (SSSR count). The molecule has 0 atom stereocenters. The molecule has 0 radical (unpaired) electrons. The molecule has 0 aliphatic carbocycles. The molecule has 1 aliphatic heterocycles. The lowest BCUT2D eigenvalue weighted by atomic mass is 9.93. The summed E-state index contributed by atoms with van der Waals surface area (Å²) < 4.78 is 0. The summed E-state index contributed by atoms with van der Waals surface area (Å²) in [6, 6.07) is 18.2. The first kappa shape index (κ1) is 20.7. The van der Waals surface area contributed by atoms with Gasteiger partial charge in [0.2, 0.25) is 0 Å². The molecule has 31 heavy (non-hydrogen) atoms. The molecule has 5 nitrogen and oxygen atoms in total. The molecule has 0 unspecified atom stereocenters. The van der Waals surface area contributed by atoms with Gasteiger partial charge in [0, 0.05) is 34.7 Å². The van der Waals surface area contributed by atoms with E-state index in [4.69, 9.17) is 11.6 Å². The van der Waals surface area contributed by atoms with Crippen molar-refractivity contribution in [3.63, 3.8) is 0 Å². The van der Waals surface area contributed by atoms with E-state index in [0.29, 0.717) is 21.7 Å². The molecule has 2 amide bonds. The molecule has 3 aromatic carbocycles. The maximum absolute atomic E-state index is 13.1. The summed E-state index contributed by atoms with van der Waals surface area (Å²) in [4.78, 5) is 52.2. The third kappa shape index (κ3) is 3.80. The van der Waals surface area contributed by atoms with E-state index in [-0.39, 0.29) is 35.7 Å². The Hall–Kier alpha value is -3.57. The molecule has 3 aromatic rings. The van der Waals surface area contributed by atoms with Crippen LogP contribution in [0.4, 0.5) is 0 Å². The molecule has 6 heteroatoms. The van der Waals surface area contributed by atoms with Crippen LogP contribution in [0.1, 0.15) is 59.0 Å². The van der Waals surface area contributed by atoms with Crippen LogP contribution in [0.3, 0.4) is 0 Å². The molecule has 154 valence electrons. The summed E-state index contributed by atoms with van der Waals surface area (Å²) in [7, 11) is 0. The third-order valence-corrected chi connectivity index (χ3v) is 5.59. The van der Waals surface area contributed by atoms with E-state index in [1.165, 1.54) is 12.1 Å². The number of nitrogens with zero attached hydrogens (tertiary/aromatic N) is 1. The van der Waals surface area contributed by atoms with Crippen molar-refractivity contribution < 1.29 is 19.2 Å². The fourth-order valence-electron chi connectivity index (χ4n) is 3.71. The van der Waals surface area contributed by atoms with Gasteiger partial charge < -0.3 is 0 Å². The summed E-state index contributed by atoms with van der Waals surface area (Å²) >= 11 is 6.10. The molecular weight excluding hydrogens is 414 g/mol. The average Bonchev–Trinajstić information content (AvgIpc) is 3.02. The van der Waals surface area contributed by atoms with Crippen molar-refractivity contribution in [1.82, 2.24) is 4.90 Å². The maximum Gasteiger partial charge on any atom is 0.261 e. The van der Waals surface area contributed by atoms with Gasteiger partial charge in [0.15, 0.2) is 11.6 Å². The Kier molecular flexibility index (Phi) is 5.53. The number of benzene rings is 3. The largest absolute Gasteiger partial charge is 0.294 e. The Morgan fingerprint density at radius 1 is 0.806 bits per heavy atom. The summed E-state index contributed by atoms with van der Waals surface area (Å²) in [5, 5.41) is 0.342. The summed E-state index contributed by atoms with van der Waals surface area (Å²) in [6.07, 6.45) is -0.0961. The van der Waals surface area contributed by atoms with Gasteiger partial charge in [0.1, 0.15) is 0 Å². The van der Waals surface area contributed by atoms with E-state index < -0.39 is 11.8 Å². The number of aryl methyl sites for hydroxylation is 1. The van der Waals surface area contributed by atoms with Crippen LogP contribution in [0.2, 0.25) is 5.02 Å². The van der Waals surface area contributed by atoms with Crippen molar-refractivity contribution >= 4 is 35.0 Å². The minimum absolute atomic E-state index is 0.0637. The zero-order valence-electron chi connectivity index (χ0n) is 16.7. The van der Waals surface area contributed by atoms with Crippen LogP contribution in [0.15, 0.2) is 66.7 Å². The molecule has 0 spiro atoms. The highest BCUT2D eigenvalue weighted by molar-refractivity contribution is 6.31. The van der Waals surface area contributed by atoms with Crippen LogP contribution in [0, 0.1) is 6.92 Å². The second-order valence-electron chi connectivity index (χ2n) is 7.31. The monoisotopic (exact) mass is 431 g/mol. The zero-order valence-corrected chi connectivity index (χ0v) is 17.5. The van der Waals surface area contributed by atoms with Crippen LogP contribution in [0.25, 0.3) is 0 Å². The van der Waals surface area contributed by atoms with Gasteiger partial charge in [-0.3, -0.25) is 24.1 Å². The minimum Gasteiger partial charge on any atom is -0.294 e. The Morgan fingerprint density at radius 3 is 2.06 bits per heavy atom. The van der Waals surface area contributed by atoms with Crippen LogP contribution in [-0.2, 0) is 0 Å². The molecule has 0 aromatic heterocycles. The summed E-state index contributed by atoms with van der Waals surface area (Å²) in [6.45, 7) is 1.76. The fraction of sp³-hybridized carbons (Fsp3) is 0.120. The standard InChI is InChI=1S/C25H18ClNO4/c1-15-6-2-3-7-17(15)23(29)21-14-16(26)10-11-18(21)22(28)12-13-27-24(30)19-8-4-5-9-20(19)25(27)31/h2-11,14H,12-13H2,1H3. The van der Waals surface area contributed by atoms with Gasteiger partial charge in [0.05, 0.1) is 11.1 Å². The highest BCUT2D eigenvalue weighted by Gasteiger charge is 2.35. The molecular formula is C25H18ClNO4. The smallest absolute Gasteiger partial charge is 0.261 e. The van der Waals surface area contributed by atoms with Crippen LogP contribution < -0.4 is 0 Å². The topological polar surface area (TPSA) is 71.5 Å².